The van der Waals surface area contributed by atoms with E-state index in [9.17, 15) is 9.90 Å². The molecule has 106 valence electrons. The number of phenols is 1. The number of aromatic hydroxyl groups is 1. The number of rotatable bonds is 5. The van der Waals surface area contributed by atoms with Gasteiger partial charge in [-0.3, -0.25) is 4.79 Å². The minimum atomic E-state index is -0.00637. The van der Waals surface area contributed by atoms with E-state index < -0.39 is 0 Å². The van der Waals surface area contributed by atoms with Gasteiger partial charge >= 0.3 is 0 Å². The molecule has 0 spiro atoms. The van der Waals surface area contributed by atoms with Gasteiger partial charge in [-0.1, -0.05) is 32.4 Å². The van der Waals surface area contributed by atoms with E-state index in [1.54, 1.807) is 18.2 Å². The lowest BCUT2D eigenvalue weighted by molar-refractivity contribution is -0.119. The van der Waals surface area contributed by atoms with Gasteiger partial charge in [0.15, 0.2) is 5.13 Å². The number of anilines is 1. The van der Waals surface area contributed by atoms with Crippen LogP contribution in [-0.4, -0.2) is 16.0 Å². The van der Waals surface area contributed by atoms with Gasteiger partial charge in [-0.05, 0) is 18.6 Å². The Hall–Kier alpha value is -1.88. The summed E-state index contributed by atoms with van der Waals surface area (Å²) >= 11 is 1.39. The van der Waals surface area contributed by atoms with Crippen LogP contribution >= 0.6 is 11.3 Å². The van der Waals surface area contributed by atoms with Gasteiger partial charge in [0, 0.05) is 16.9 Å². The predicted molar refractivity (Wildman–Crippen MR) is 81.9 cm³/mol. The number of hydrogen-bond donors (Lipinski definition) is 2. The van der Waals surface area contributed by atoms with Gasteiger partial charge in [0.25, 0.3) is 0 Å². The van der Waals surface area contributed by atoms with Crippen molar-refractivity contribution in [1.29, 1.82) is 0 Å². The molecule has 0 saturated heterocycles. The van der Waals surface area contributed by atoms with Crippen molar-refractivity contribution in [2.24, 2.45) is 5.92 Å². The molecule has 1 unspecified atom stereocenters. The molecule has 4 nitrogen and oxygen atoms in total. The Bertz CT molecular complexity index is 595. The zero-order valence-corrected chi connectivity index (χ0v) is 12.4. The lowest BCUT2D eigenvalue weighted by Gasteiger charge is -2.08. The first-order valence-corrected chi connectivity index (χ1v) is 7.54. The van der Waals surface area contributed by atoms with Gasteiger partial charge in [-0.2, -0.15) is 0 Å². The summed E-state index contributed by atoms with van der Waals surface area (Å²) in [5, 5.41) is 14.8. The van der Waals surface area contributed by atoms with Crippen LogP contribution in [0.2, 0.25) is 0 Å². The maximum absolute atomic E-state index is 11.9. The molecule has 0 aliphatic carbocycles. The number of carbonyl (C=O) groups is 1. The van der Waals surface area contributed by atoms with Crippen molar-refractivity contribution in [2.75, 3.05) is 5.32 Å². The highest BCUT2D eigenvalue weighted by Gasteiger charge is 2.14. The van der Waals surface area contributed by atoms with Gasteiger partial charge in [0.1, 0.15) is 5.75 Å². The Balaban J connectivity index is 2.08. The van der Waals surface area contributed by atoms with E-state index >= 15 is 0 Å². The number of phenolic OH excluding ortho intramolecular Hbond substituents is 1. The molecule has 20 heavy (non-hydrogen) atoms. The fourth-order valence-corrected chi connectivity index (χ4v) is 2.64. The Morgan fingerprint density at radius 1 is 1.50 bits per heavy atom. The van der Waals surface area contributed by atoms with E-state index in [1.165, 1.54) is 11.3 Å². The quantitative estimate of drug-likeness (QED) is 0.878. The summed E-state index contributed by atoms with van der Waals surface area (Å²) in [4.78, 5) is 16.3. The van der Waals surface area contributed by atoms with Gasteiger partial charge in [-0.25, -0.2) is 4.98 Å². The second-order valence-electron chi connectivity index (χ2n) is 4.77. The summed E-state index contributed by atoms with van der Waals surface area (Å²) < 4.78 is 0. The number of carbonyl (C=O) groups excluding carboxylic acids is 1. The number of hydrogen-bond acceptors (Lipinski definition) is 4. The van der Waals surface area contributed by atoms with Gasteiger partial charge < -0.3 is 10.4 Å². The van der Waals surface area contributed by atoms with Crippen LogP contribution in [0.15, 0.2) is 29.6 Å². The Morgan fingerprint density at radius 2 is 2.30 bits per heavy atom. The average Bonchev–Trinajstić information content (AvgIpc) is 2.87. The Morgan fingerprint density at radius 3 is 3.00 bits per heavy atom. The number of benzene rings is 1. The van der Waals surface area contributed by atoms with Crippen LogP contribution in [0.5, 0.6) is 5.75 Å². The summed E-state index contributed by atoms with van der Waals surface area (Å²) in [6.07, 6.45) is 1.86. The third kappa shape index (κ3) is 3.57. The topological polar surface area (TPSA) is 62.2 Å². The third-order valence-electron chi connectivity index (χ3n) is 3.05. The van der Waals surface area contributed by atoms with Crippen molar-refractivity contribution in [1.82, 2.24) is 4.98 Å². The second kappa shape index (κ2) is 6.52. The molecule has 0 aliphatic heterocycles. The number of amides is 1. The normalized spacial score (nSPS) is 12.1. The third-order valence-corrected chi connectivity index (χ3v) is 3.80. The maximum atomic E-state index is 11.9. The monoisotopic (exact) mass is 290 g/mol. The largest absolute Gasteiger partial charge is 0.508 e. The number of thiazole rings is 1. The molecule has 2 N–H and O–H groups in total. The van der Waals surface area contributed by atoms with Gasteiger partial charge in [0.2, 0.25) is 5.91 Å². The summed E-state index contributed by atoms with van der Waals surface area (Å²) in [6, 6.07) is 6.91. The second-order valence-corrected chi connectivity index (χ2v) is 5.63. The van der Waals surface area contributed by atoms with Crippen molar-refractivity contribution in [3.05, 3.63) is 29.6 Å². The van der Waals surface area contributed by atoms with Crippen LogP contribution in [0.4, 0.5) is 5.13 Å². The minimum Gasteiger partial charge on any atom is -0.508 e. The van der Waals surface area contributed by atoms with E-state index in [0.29, 0.717) is 5.13 Å². The molecule has 1 amide bonds. The van der Waals surface area contributed by atoms with Crippen molar-refractivity contribution in [3.8, 4) is 17.0 Å². The summed E-state index contributed by atoms with van der Waals surface area (Å²) in [5.74, 6) is 0.203. The molecule has 5 heteroatoms. The van der Waals surface area contributed by atoms with Gasteiger partial charge in [-0.15, -0.1) is 11.3 Å². The Kier molecular flexibility index (Phi) is 4.74. The lowest BCUT2D eigenvalue weighted by Crippen LogP contribution is -2.20. The van der Waals surface area contributed by atoms with Crippen LogP contribution in [-0.2, 0) is 4.79 Å². The van der Waals surface area contributed by atoms with E-state index in [2.05, 4.69) is 17.2 Å². The Labute approximate surface area is 122 Å². The molecule has 0 bridgehead atoms. The van der Waals surface area contributed by atoms with Crippen molar-refractivity contribution in [3.63, 3.8) is 0 Å². The van der Waals surface area contributed by atoms with E-state index in [0.717, 1.165) is 24.1 Å². The SMILES string of the molecule is CCCC(C)C(=O)Nc1nc(-c2cccc(O)c2)cs1. The van der Waals surface area contributed by atoms with Crippen LogP contribution in [0.1, 0.15) is 26.7 Å². The van der Waals surface area contributed by atoms with Crippen molar-refractivity contribution < 1.29 is 9.90 Å². The first kappa shape index (κ1) is 14.5. The zero-order chi connectivity index (χ0) is 14.5. The maximum Gasteiger partial charge on any atom is 0.228 e. The van der Waals surface area contributed by atoms with Gasteiger partial charge in [0.05, 0.1) is 5.69 Å². The molecule has 0 aliphatic rings. The first-order valence-electron chi connectivity index (χ1n) is 6.66. The molecule has 0 radical (unpaired) electrons. The van der Waals surface area contributed by atoms with Crippen molar-refractivity contribution in [2.45, 2.75) is 26.7 Å². The summed E-state index contributed by atoms with van der Waals surface area (Å²) in [7, 11) is 0. The average molecular weight is 290 g/mol. The zero-order valence-electron chi connectivity index (χ0n) is 11.6. The lowest BCUT2D eigenvalue weighted by atomic mass is 10.1. The highest BCUT2D eigenvalue weighted by atomic mass is 32.1. The molecule has 2 aromatic rings. The number of nitrogens with one attached hydrogen (secondary N) is 1. The molecular formula is C15H18N2O2S. The standard InChI is InChI=1S/C15H18N2O2S/c1-3-5-10(2)14(19)17-15-16-13(9-20-15)11-6-4-7-12(18)8-11/h4,6-10,18H,3,5H2,1-2H3,(H,16,17,19). The van der Waals surface area contributed by atoms with E-state index in [4.69, 9.17) is 0 Å². The molecule has 1 aromatic carbocycles. The predicted octanol–water partition coefficient (Wildman–Crippen LogP) is 3.89. The molecular weight excluding hydrogens is 272 g/mol. The fourth-order valence-electron chi connectivity index (χ4n) is 1.92. The molecule has 0 saturated carbocycles. The smallest absolute Gasteiger partial charge is 0.228 e. The molecule has 1 heterocycles. The fraction of sp³-hybridized carbons (Fsp3) is 0.333. The molecule has 1 atom stereocenters. The van der Waals surface area contributed by atoms with Crippen LogP contribution < -0.4 is 5.32 Å². The molecule has 2 rings (SSSR count). The van der Waals surface area contributed by atoms with Crippen molar-refractivity contribution >= 4 is 22.4 Å². The van der Waals surface area contributed by atoms with E-state index in [1.807, 2.05) is 18.4 Å². The summed E-state index contributed by atoms with van der Waals surface area (Å²) in [5.41, 5.74) is 1.59. The summed E-state index contributed by atoms with van der Waals surface area (Å²) in [6.45, 7) is 3.98. The number of nitrogens with zero attached hydrogens (tertiary/aromatic N) is 1. The number of aromatic nitrogens is 1. The molecule has 0 fully saturated rings. The van der Waals surface area contributed by atoms with Crippen LogP contribution in [0.25, 0.3) is 11.3 Å². The van der Waals surface area contributed by atoms with Crippen LogP contribution in [0.3, 0.4) is 0 Å². The molecule has 1 aromatic heterocycles. The van der Waals surface area contributed by atoms with Crippen LogP contribution in [0, 0.1) is 5.92 Å². The first-order chi connectivity index (χ1) is 9.60. The van der Waals surface area contributed by atoms with E-state index in [-0.39, 0.29) is 17.6 Å². The minimum absolute atomic E-state index is 0.00339. The highest BCUT2D eigenvalue weighted by Crippen LogP contribution is 2.27. The highest BCUT2D eigenvalue weighted by molar-refractivity contribution is 7.14.